The molecule has 1 N–H and O–H groups in total. The summed E-state index contributed by atoms with van der Waals surface area (Å²) in [6.07, 6.45) is 1.82. The number of benzene rings is 2. The molecule has 0 fully saturated rings. The summed E-state index contributed by atoms with van der Waals surface area (Å²) in [5, 5.41) is 2.89. The summed E-state index contributed by atoms with van der Waals surface area (Å²) in [7, 11) is -5.79. The molecule has 1 atom stereocenters. The van der Waals surface area contributed by atoms with Crippen molar-refractivity contribution in [2.45, 2.75) is 44.7 Å². The summed E-state index contributed by atoms with van der Waals surface area (Å²) in [6.45, 7) is 4.87. The highest BCUT2D eigenvalue weighted by molar-refractivity contribution is 7.88. The molecule has 12 heteroatoms. The molecule has 1 aliphatic carbocycles. The summed E-state index contributed by atoms with van der Waals surface area (Å²) >= 11 is 0. The van der Waals surface area contributed by atoms with Crippen LogP contribution in [0.3, 0.4) is 0 Å². The second-order valence-electron chi connectivity index (χ2n) is 8.17. The van der Waals surface area contributed by atoms with E-state index < -0.39 is 27.3 Å². The molecule has 1 aliphatic rings. The van der Waals surface area contributed by atoms with Crippen LogP contribution in [-0.2, 0) is 27.8 Å². The van der Waals surface area contributed by atoms with Gasteiger partial charge in [0.1, 0.15) is 11.5 Å². The molecular formula is C24H27F3N2O6S. The molecule has 0 spiro atoms. The number of carbonyl (C=O) groups is 2. The number of hydrogen-bond acceptors (Lipinski definition) is 6. The van der Waals surface area contributed by atoms with Crippen molar-refractivity contribution in [3.05, 3.63) is 59.2 Å². The fourth-order valence-electron chi connectivity index (χ4n) is 3.93. The Kier molecular flexibility index (Phi) is 8.49. The van der Waals surface area contributed by atoms with Crippen molar-refractivity contribution in [2.24, 2.45) is 0 Å². The third-order valence-corrected chi connectivity index (χ3v) is 6.83. The number of alkyl halides is 3. The number of nitrogens with one attached hydrogen (secondary N) is 1. The van der Waals surface area contributed by atoms with Gasteiger partial charge < -0.3 is 19.1 Å². The van der Waals surface area contributed by atoms with Gasteiger partial charge in [0.2, 0.25) is 0 Å². The van der Waals surface area contributed by atoms with Gasteiger partial charge in [-0.25, -0.2) is 0 Å². The largest absolute Gasteiger partial charge is 0.534 e. The SMILES string of the molecule is CCN(CC)C(=O)COc1cccc2c1C[C@H](NC(=O)c1ccc(OS(=O)(=O)C(F)(F)F)cc1)CC2. The van der Waals surface area contributed by atoms with Crippen molar-refractivity contribution >= 4 is 21.9 Å². The lowest BCUT2D eigenvalue weighted by Crippen LogP contribution is -2.39. The molecule has 196 valence electrons. The van der Waals surface area contributed by atoms with Gasteiger partial charge in [-0.3, -0.25) is 9.59 Å². The third-order valence-electron chi connectivity index (χ3n) is 5.85. The molecule has 0 heterocycles. The van der Waals surface area contributed by atoms with Crippen molar-refractivity contribution < 1.29 is 40.1 Å². The van der Waals surface area contributed by atoms with Gasteiger partial charge in [-0.05, 0) is 74.6 Å². The highest BCUT2D eigenvalue weighted by Gasteiger charge is 2.48. The fourth-order valence-corrected chi connectivity index (χ4v) is 4.38. The Morgan fingerprint density at radius 3 is 2.36 bits per heavy atom. The summed E-state index contributed by atoms with van der Waals surface area (Å²) < 4.78 is 69.5. The van der Waals surface area contributed by atoms with E-state index in [-0.39, 0.29) is 24.1 Å². The smallest absolute Gasteiger partial charge is 0.483 e. The van der Waals surface area contributed by atoms with Gasteiger partial charge in [0, 0.05) is 24.7 Å². The molecule has 0 saturated carbocycles. The van der Waals surface area contributed by atoms with Crippen LogP contribution in [0, 0.1) is 0 Å². The Balaban J connectivity index is 1.64. The number of ether oxygens (including phenoxy) is 1. The topological polar surface area (TPSA) is 102 Å². The molecular weight excluding hydrogens is 501 g/mol. The number of halogens is 3. The first kappa shape index (κ1) is 27.3. The second kappa shape index (κ2) is 11.2. The quantitative estimate of drug-likeness (QED) is 0.395. The van der Waals surface area contributed by atoms with Crippen LogP contribution in [0.1, 0.15) is 41.8 Å². The number of aryl methyl sites for hydroxylation is 1. The van der Waals surface area contributed by atoms with E-state index in [2.05, 4.69) is 9.50 Å². The van der Waals surface area contributed by atoms with Crippen LogP contribution in [0.5, 0.6) is 11.5 Å². The highest BCUT2D eigenvalue weighted by atomic mass is 32.2. The zero-order valence-corrected chi connectivity index (χ0v) is 20.6. The summed E-state index contributed by atoms with van der Waals surface area (Å²) in [6, 6.07) is 9.70. The molecule has 0 aromatic heterocycles. The van der Waals surface area contributed by atoms with Gasteiger partial charge >= 0.3 is 15.6 Å². The Labute approximate surface area is 207 Å². The van der Waals surface area contributed by atoms with E-state index in [0.717, 1.165) is 23.3 Å². The molecule has 0 radical (unpaired) electrons. The number of rotatable bonds is 9. The Bertz CT molecular complexity index is 1200. The van der Waals surface area contributed by atoms with Gasteiger partial charge in [-0.1, -0.05) is 12.1 Å². The lowest BCUT2D eigenvalue weighted by Gasteiger charge is -2.27. The van der Waals surface area contributed by atoms with Crippen LogP contribution in [-0.4, -0.2) is 56.4 Å². The number of fused-ring (bicyclic) bond motifs is 1. The van der Waals surface area contributed by atoms with Crippen molar-refractivity contribution in [3.63, 3.8) is 0 Å². The molecule has 0 saturated heterocycles. The van der Waals surface area contributed by atoms with Gasteiger partial charge in [-0.2, -0.15) is 21.6 Å². The zero-order chi connectivity index (χ0) is 26.5. The van der Waals surface area contributed by atoms with Gasteiger partial charge in [0.05, 0.1) is 0 Å². The van der Waals surface area contributed by atoms with E-state index >= 15 is 0 Å². The van der Waals surface area contributed by atoms with Crippen LogP contribution in [0.4, 0.5) is 13.2 Å². The minimum absolute atomic E-state index is 0.0896. The molecule has 0 aliphatic heterocycles. The predicted octanol–water partition coefficient (Wildman–Crippen LogP) is 3.45. The molecule has 2 aromatic rings. The fraction of sp³-hybridized carbons (Fsp3) is 0.417. The van der Waals surface area contributed by atoms with Crippen LogP contribution in [0.2, 0.25) is 0 Å². The minimum Gasteiger partial charge on any atom is -0.483 e. The zero-order valence-electron chi connectivity index (χ0n) is 19.8. The van der Waals surface area contributed by atoms with Crippen molar-refractivity contribution in [3.8, 4) is 11.5 Å². The first-order valence-corrected chi connectivity index (χ1v) is 12.8. The van der Waals surface area contributed by atoms with E-state index in [1.807, 2.05) is 26.0 Å². The van der Waals surface area contributed by atoms with Gasteiger partial charge in [0.25, 0.3) is 11.8 Å². The first-order chi connectivity index (χ1) is 16.9. The third kappa shape index (κ3) is 6.48. The van der Waals surface area contributed by atoms with Crippen molar-refractivity contribution in [1.29, 1.82) is 0 Å². The number of amides is 2. The van der Waals surface area contributed by atoms with Crippen LogP contribution in [0.25, 0.3) is 0 Å². The maximum atomic E-state index is 12.7. The summed E-state index contributed by atoms with van der Waals surface area (Å²) in [5.41, 5.74) is -3.45. The van der Waals surface area contributed by atoms with Crippen LogP contribution in [0.15, 0.2) is 42.5 Å². The van der Waals surface area contributed by atoms with Crippen molar-refractivity contribution in [2.75, 3.05) is 19.7 Å². The average molecular weight is 529 g/mol. The minimum atomic E-state index is -5.79. The van der Waals surface area contributed by atoms with E-state index in [1.54, 1.807) is 11.0 Å². The van der Waals surface area contributed by atoms with Gasteiger partial charge in [0.15, 0.2) is 6.61 Å². The lowest BCUT2D eigenvalue weighted by atomic mass is 9.87. The first-order valence-electron chi connectivity index (χ1n) is 11.4. The normalized spacial score (nSPS) is 15.5. The highest BCUT2D eigenvalue weighted by Crippen LogP contribution is 2.30. The van der Waals surface area contributed by atoms with E-state index in [0.29, 0.717) is 38.1 Å². The van der Waals surface area contributed by atoms with Crippen molar-refractivity contribution in [1.82, 2.24) is 10.2 Å². The molecule has 2 aromatic carbocycles. The monoisotopic (exact) mass is 528 g/mol. The van der Waals surface area contributed by atoms with E-state index in [4.69, 9.17) is 4.74 Å². The number of likely N-dealkylation sites (N-methyl/N-ethyl adjacent to an activating group) is 1. The summed E-state index contributed by atoms with van der Waals surface area (Å²) in [5.74, 6) is -0.562. The second-order valence-corrected chi connectivity index (χ2v) is 9.71. The van der Waals surface area contributed by atoms with Gasteiger partial charge in [-0.15, -0.1) is 0 Å². The number of nitrogens with zero attached hydrogens (tertiary/aromatic N) is 1. The van der Waals surface area contributed by atoms with E-state index in [9.17, 15) is 31.2 Å². The average Bonchev–Trinajstić information content (AvgIpc) is 2.83. The Morgan fingerprint density at radius 2 is 1.75 bits per heavy atom. The molecule has 36 heavy (non-hydrogen) atoms. The standard InChI is InChI=1S/C24H27F3N2O6S/c1-3-29(4-2)22(30)15-34-21-7-5-6-16-8-11-18(14-20(16)21)28-23(31)17-9-12-19(13-10-17)35-36(32,33)24(25,26)27/h5-7,9-10,12-13,18H,3-4,8,11,14-15H2,1-2H3,(H,28,31)/t18-/m1/s1. The predicted molar refractivity (Wildman–Crippen MR) is 125 cm³/mol. The molecule has 0 bridgehead atoms. The number of carbonyl (C=O) groups excluding carboxylic acids is 2. The van der Waals surface area contributed by atoms with E-state index in [1.165, 1.54) is 12.1 Å². The molecule has 0 unspecified atom stereocenters. The Hall–Kier alpha value is -3.28. The molecule has 2 amide bonds. The Morgan fingerprint density at radius 1 is 1.08 bits per heavy atom. The lowest BCUT2D eigenvalue weighted by molar-refractivity contribution is -0.133. The van der Waals surface area contributed by atoms with Crippen LogP contribution < -0.4 is 14.2 Å². The molecule has 8 nitrogen and oxygen atoms in total. The maximum absolute atomic E-state index is 12.7. The maximum Gasteiger partial charge on any atom is 0.534 e. The van der Waals surface area contributed by atoms with Crippen LogP contribution >= 0.6 is 0 Å². The number of hydrogen-bond donors (Lipinski definition) is 1. The summed E-state index contributed by atoms with van der Waals surface area (Å²) in [4.78, 5) is 26.7. The molecule has 3 rings (SSSR count).